The van der Waals surface area contributed by atoms with Gasteiger partial charge in [-0.2, -0.15) is 0 Å². The number of barbiturate groups is 1. The standard InChI is InChI=1S/C14H15N3O4/c1-3-6-17-13(19)11(12(18)16-14(17)20)9(2)15-8-10-5-4-7-21-10/h3-5,7,11H,1,6,8H2,2H3,(H,16,18,20). The molecule has 4 amide bonds. The summed E-state index contributed by atoms with van der Waals surface area (Å²) in [6.07, 6.45) is 2.93. The van der Waals surface area contributed by atoms with Crippen molar-refractivity contribution < 1.29 is 18.8 Å². The molecule has 1 saturated heterocycles. The predicted molar refractivity (Wildman–Crippen MR) is 74.5 cm³/mol. The Morgan fingerprint density at radius 3 is 2.90 bits per heavy atom. The van der Waals surface area contributed by atoms with Crippen LogP contribution >= 0.6 is 0 Å². The van der Waals surface area contributed by atoms with Crippen molar-refractivity contribution in [3.63, 3.8) is 0 Å². The van der Waals surface area contributed by atoms with Gasteiger partial charge in [-0.15, -0.1) is 6.58 Å². The van der Waals surface area contributed by atoms with Gasteiger partial charge in [0, 0.05) is 12.3 Å². The number of furan rings is 1. The fourth-order valence-corrected chi connectivity index (χ4v) is 1.98. The number of amides is 4. The highest BCUT2D eigenvalue weighted by Crippen LogP contribution is 2.14. The van der Waals surface area contributed by atoms with E-state index in [1.807, 2.05) is 0 Å². The maximum Gasteiger partial charge on any atom is 0.331 e. The lowest BCUT2D eigenvalue weighted by Gasteiger charge is -2.29. The quantitative estimate of drug-likeness (QED) is 0.499. The largest absolute Gasteiger partial charge is 0.467 e. The number of aliphatic imine (C=N–C) groups is 1. The summed E-state index contributed by atoms with van der Waals surface area (Å²) in [5, 5.41) is 2.14. The van der Waals surface area contributed by atoms with Crippen molar-refractivity contribution in [3.8, 4) is 0 Å². The topological polar surface area (TPSA) is 92.0 Å². The summed E-state index contributed by atoms with van der Waals surface area (Å²) in [7, 11) is 0. The van der Waals surface area contributed by atoms with Crippen LogP contribution in [0.3, 0.4) is 0 Å². The van der Waals surface area contributed by atoms with Crippen LogP contribution in [0.25, 0.3) is 0 Å². The molecule has 0 radical (unpaired) electrons. The van der Waals surface area contributed by atoms with Crippen molar-refractivity contribution in [3.05, 3.63) is 36.8 Å². The average Bonchev–Trinajstić information content (AvgIpc) is 2.94. The number of carbonyl (C=O) groups is 3. The molecule has 0 aromatic carbocycles. The van der Waals surface area contributed by atoms with E-state index in [1.165, 1.54) is 12.3 Å². The van der Waals surface area contributed by atoms with E-state index in [0.29, 0.717) is 11.5 Å². The summed E-state index contributed by atoms with van der Waals surface area (Å²) in [5.41, 5.74) is 0.329. The van der Waals surface area contributed by atoms with Crippen molar-refractivity contribution in [1.82, 2.24) is 10.2 Å². The van der Waals surface area contributed by atoms with Gasteiger partial charge in [-0.25, -0.2) is 4.79 Å². The Balaban J connectivity index is 2.17. The molecule has 0 saturated carbocycles. The maximum absolute atomic E-state index is 12.2. The number of rotatable bonds is 5. The van der Waals surface area contributed by atoms with E-state index in [0.717, 1.165) is 4.90 Å². The highest BCUT2D eigenvalue weighted by molar-refractivity contribution is 6.27. The number of hydrogen-bond acceptors (Lipinski definition) is 5. The Morgan fingerprint density at radius 2 is 2.29 bits per heavy atom. The van der Waals surface area contributed by atoms with E-state index in [-0.39, 0.29) is 13.1 Å². The van der Waals surface area contributed by atoms with Gasteiger partial charge in [0.15, 0.2) is 5.92 Å². The van der Waals surface area contributed by atoms with Crippen LogP contribution in [0.2, 0.25) is 0 Å². The van der Waals surface area contributed by atoms with E-state index in [4.69, 9.17) is 4.42 Å². The normalized spacial score (nSPS) is 19.7. The molecular weight excluding hydrogens is 274 g/mol. The molecule has 1 aromatic rings. The molecule has 0 spiro atoms. The zero-order chi connectivity index (χ0) is 15.4. The summed E-state index contributed by atoms with van der Waals surface area (Å²) in [6, 6.07) is 2.73. The first-order valence-electron chi connectivity index (χ1n) is 6.35. The van der Waals surface area contributed by atoms with E-state index < -0.39 is 23.8 Å². The Bertz CT molecular complexity index is 604. The third-order valence-corrected chi connectivity index (χ3v) is 3.04. The van der Waals surface area contributed by atoms with Gasteiger partial charge in [0.1, 0.15) is 5.76 Å². The first-order chi connectivity index (χ1) is 10.0. The molecule has 1 aliphatic rings. The molecule has 110 valence electrons. The minimum absolute atomic E-state index is 0.0416. The number of nitrogens with zero attached hydrogens (tertiary/aromatic N) is 2. The number of nitrogens with one attached hydrogen (secondary N) is 1. The molecule has 1 N–H and O–H groups in total. The summed E-state index contributed by atoms with van der Waals surface area (Å²) in [4.78, 5) is 40.8. The third kappa shape index (κ3) is 3.07. The monoisotopic (exact) mass is 289 g/mol. The minimum Gasteiger partial charge on any atom is -0.467 e. The van der Waals surface area contributed by atoms with Gasteiger partial charge in [-0.3, -0.25) is 24.8 Å². The van der Waals surface area contributed by atoms with Gasteiger partial charge in [0.25, 0.3) is 0 Å². The van der Waals surface area contributed by atoms with E-state index >= 15 is 0 Å². The Hall–Kier alpha value is -2.70. The van der Waals surface area contributed by atoms with Crippen molar-refractivity contribution >= 4 is 23.6 Å². The summed E-state index contributed by atoms with van der Waals surface area (Å²) < 4.78 is 5.13. The Morgan fingerprint density at radius 1 is 1.52 bits per heavy atom. The molecule has 0 aliphatic carbocycles. The van der Waals surface area contributed by atoms with Crippen molar-refractivity contribution in [2.75, 3.05) is 6.54 Å². The lowest BCUT2D eigenvalue weighted by atomic mass is 9.99. The van der Waals surface area contributed by atoms with Crippen LogP contribution in [0.15, 0.2) is 40.5 Å². The van der Waals surface area contributed by atoms with Crippen molar-refractivity contribution in [2.45, 2.75) is 13.5 Å². The number of imide groups is 2. The minimum atomic E-state index is -1.10. The fraction of sp³-hybridized carbons (Fsp3) is 0.286. The maximum atomic E-state index is 12.2. The fourth-order valence-electron chi connectivity index (χ4n) is 1.98. The van der Waals surface area contributed by atoms with Gasteiger partial charge >= 0.3 is 6.03 Å². The van der Waals surface area contributed by atoms with Crippen molar-refractivity contribution in [1.29, 1.82) is 0 Å². The summed E-state index contributed by atoms with van der Waals surface area (Å²) in [6.45, 7) is 5.33. The highest BCUT2D eigenvalue weighted by atomic mass is 16.3. The zero-order valence-electron chi connectivity index (χ0n) is 11.5. The molecule has 0 bridgehead atoms. The molecular formula is C14H15N3O4. The number of hydrogen-bond donors (Lipinski definition) is 1. The Kier molecular flexibility index (Phi) is 4.32. The molecule has 2 heterocycles. The van der Waals surface area contributed by atoms with Gasteiger partial charge < -0.3 is 4.42 Å². The van der Waals surface area contributed by atoms with E-state index in [9.17, 15) is 14.4 Å². The zero-order valence-corrected chi connectivity index (χ0v) is 11.5. The van der Waals surface area contributed by atoms with Crippen LogP contribution in [0.1, 0.15) is 12.7 Å². The number of urea groups is 1. The van der Waals surface area contributed by atoms with Gasteiger partial charge in [0.05, 0.1) is 12.8 Å². The second-order valence-corrected chi connectivity index (χ2v) is 4.50. The molecule has 1 unspecified atom stereocenters. The van der Waals surface area contributed by atoms with Gasteiger partial charge in [-0.05, 0) is 19.1 Å². The molecule has 7 nitrogen and oxygen atoms in total. The third-order valence-electron chi connectivity index (χ3n) is 3.04. The van der Waals surface area contributed by atoms with Crippen LogP contribution in [-0.4, -0.2) is 35.0 Å². The lowest BCUT2D eigenvalue weighted by molar-refractivity contribution is -0.139. The molecule has 1 fully saturated rings. The molecule has 7 heteroatoms. The average molecular weight is 289 g/mol. The first kappa shape index (κ1) is 14.7. The van der Waals surface area contributed by atoms with Crippen LogP contribution in [0, 0.1) is 5.92 Å². The molecule has 1 aliphatic heterocycles. The second kappa shape index (κ2) is 6.17. The molecule has 2 rings (SSSR count). The predicted octanol–water partition coefficient (Wildman–Crippen LogP) is 1.12. The van der Waals surface area contributed by atoms with Crippen molar-refractivity contribution in [2.24, 2.45) is 10.9 Å². The van der Waals surface area contributed by atoms with Crippen LogP contribution < -0.4 is 5.32 Å². The van der Waals surface area contributed by atoms with Gasteiger partial charge in [0.2, 0.25) is 11.8 Å². The van der Waals surface area contributed by atoms with Crippen LogP contribution in [-0.2, 0) is 16.1 Å². The SMILES string of the molecule is C=CCN1C(=O)NC(=O)C(C(C)=NCc2ccco2)C1=O. The smallest absolute Gasteiger partial charge is 0.331 e. The summed E-state index contributed by atoms with van der Waals surface area (Å²) >= 11 is 0. The molecule has 21 heavy (non-hydrogen) atoms. The molecule has 1 aromatic heterocycles. The summed E-state index contributed by atoms with van der Waals surface area (Å²) in [5.74, 6) is -1.73. The van der Waals surface area contributed by atoms with Crippen LogP contribution in [0.5, 0.6) is 0 Å². The lowest BCUT2D eigenvalue weighted by Crippen LogP contribution is -2.59. The first-order valence-corrected chi connectivity index (χ1v) is 6.35. The van der Waals surface area contributed by atoms with Crippen LogP contribution in [0.4, 0.5) is 4.79 Å². The van der Waals surface area contributed by atoms with Gasteiger partial charge in [-0.1, -0.05) is 6.08 Å². The highest BCUT2D eigenvalue weighted by Gasteiger charge is 2.41. The second-order valence-electron chi connectivity index (χ2n) is 4.50. The number of carbonyl (C=O) groups excluding carboxylic acids is 3. The van der Waals surface area contributed by atoms with E-state index in [1.54, 1.807) is 19.1 Å². The van der Waals surface area contributed by atoms with E-state index in [2.05, 4.69) is 16.9 Å². The molecule has 1 atom stereocenters. The Labute approximate surface area is 121 Å².